The number of nitrogens with zero attached hydrogens (tertiary/aromatic N) is 3. The fourth-order valence-corrected chi connectivity index (χ4v) is 3.69. The fraction of sp³-hybridized carbons (Fsp3) is 0.118. The second-order valence-corrected chi connectivity index (χ2v) is 5.85. The summed E-state index contributed by atoms with van der Waals surface area (Å²) >= 11 is 0. The first kappa shape index (κ1) is 11.2. The van der Waals surface area contributed by atoms with Crippen molar-refractivity contribution in [3.05, 3.63) is 48.7 Å². The average molecular weight is 271 g/mol. The highest BCUT2D eigenvalue weighted by atomic mass is 15.2. The molecule has 0 saturated carbocycles. The first-order valence-electron chi connectivity index (χ1n) is 7.31. The molecule has 2 aromatic carbocycles. The van der Waals surface area contributed by atoms with Crippen molar-refractivity contribution in [3.8, 4) is 0 Å². The van der Waals surface area contributed by atoms with Gasteiger partial charge in [0, 0.05) is 10.8 Å². The molecule has 0 atom stereocenters. The van der Waals surface area contributed by atoms with Crippen LogP contribution in [0.2, 0.25) is 6.82 Å². The molecule has 1 aliphatic heterocycles. The number of rotatable bonds is 0. The van der Waals surface area contributed by atoms with E-state index in [1.807, 2.05) is 6.20 Å². The molecule has 4 heteroatoms. The number of imidazole rings is 1. The highest BCUT2D eigenvalue weighted by molar-refractivity contribution is 6.78. The van der Waals surface area contributed by atoms with E-state index in [9.17, 15) is 0 Å². The van der Waals surface area contributed by atoms with Crippen LogP contribution in [0.4, 0.5) is 5.82 Å². The molecule has 5 rings (SSSR count). The second-order valence-electron chi connectivity index (χ2n) is 5.85. The first-order chi connectivity index (χ1) is 10.3. The summed E-state index contributed by atoms with van der Waals surface area (Å²) in [6.45, 7) is 2.62. The lowest BCUT2D eigenvalue weighted by Crippen LogP contribution is -2.47. The Kier molecular flexibility index (Phi) is 1.91. The van der Waals surface area contributed by atoms with Crippen LogP contribution in [0.15, 0.2) is 48.7 Å². The summed E-state index contributed by atoms with van der Waals surface area (Å²) < 4.78 is 2.31. The van der Waals surface area contributed by atoms with Gasteiger partial charge in [-0.2, -0.15) is 0 Å². The number of fused-ring (bicyclic) bond motifs is 3. The summed E-state index contributed by atoms with van der Waals surface area (Å²) in [5.41, 5.74) is 3.74. The van der Waals surface area contributed by atoms with Gasteiger partial charge in [0.05, 0.1) is 11.7 Å². The van der Waals surface area contributed by atoms with Gasteiger partial charge in [0.1, 0.15) is 11.5 Å². The quantitative estimate of drug-likeness (QED) is 0.362. The van der Waals surface area contributed by atoms with E-state index in [4.69, 9.17) is 4.98 Å². The topological polar surface area (TPSA) is 20.5 Å². The maximum Gasteiger partial charge on any atom is 0.288 e. The van der Waals surface area contributed by atoms with Crippen molar-refractivity contribution in [1.29, 1.82) is 0 Å². The van der Waals surface area contributed by atoms with Crippen molar-refractivity contribution in [2.45, 2.75) is 6.82 Å². The molecule has 4 aromatic rings. The van der Waals surface area contributed by atoms with Crippen molar-refractivity contribution >= 4 is 45.5 Å². The van der Waals surface area contributed by atoms with E-state index in [-0.39, 0.29) is 0 Å². The summed E-state index contributed by atoms with van der Waals surface area (Å²) in [6.07, 6.45) is 1.99. The maximum atomic E-state index is 4.71. The number of hydrogen-bond donors (Lipinski definition) is 0. The molecule has 0 amide bonds. The van der Waals surface area contributed by atoms with E-state index in [0.29, 0.717) is 6.85 Å². The standard InChI is InChI=1S/C17H14BN3/c1-18-14-9-5-8-12-11-6-3-4-7-13(11)17-19-10-15(20(18)2)21(17)16(12)14/h3-10H,1-2H3. The Morgan fingerprint density at radius 3 is 2.57 bits per heavy atom. The van der Waals surface area contributed by atoms with Crippen molar-refractivity contribution in [2.24, 2.45) is 0 Å². The van der Waals surface area contributed by atoms with Gasteiger partial charge >= 0.3 is 0 Å². The zero-order chi connectivity index (χ0) is 14.1. The average Bonchev–Trinajstić information content (AvgIpc) is 2.98. The van der Waals surface area contributed by atoms with Gasteiger partial charge in [-0.3, -0.25) is 4.40 Å². The molecule has 0 unspecified atom stereocenters. The maximum absolute atomic E-state index is 4.71. The Morgan fingerprint density at radius 2 is 1.71 bits per heavy atom. The molecule has 0 bridgehead atoms. The van der Waals surface area contributed by atoms with Crippen molar-refractivity contribution in [1.82, 2.24) is 9.38 Å². The molecule has 2 aromatic heterocycles. The van der Waals surface area contributed by atoms with Crippen LogP contribution < -0.4 is 10.3 Å². The van der Waals surface area contributed by atoms with Crippen LogP contribution in [-0.2, 0) is 0 Å². The third-order valence-electron chi connectivity index (χ3n) is 4.88. The second kappa shape index (κ2) is 3.58. The van der Waals surface area contributed by atoms with Crippen LogP contribution in [-0.4, -0.2) is 23.3 Å². The van der Waals surface area contributed by atoms with E-state index in [1.165, 1.54) is 33.0 Å². The zero-order valence-corrected chi connectivity index (χ0v) is 12.0. The highest BCUT2D eigenvalue weighted by Crippen LogP contribution is 2.33. The van der Waals surface area contributed by atoms with Crippen LogP contribution in [0.5, 0.6) is 0 Å². The minimum absolute atomic E-state index is 0.363. The van der Waals surface area contributed by atoms with Crippen LogP contribution in [0.25, 0.3) is 27.3 Å². The van der Waals surface area contributed by atoms with Crippen molar-refractivity contribution < 1.29 is 0 Å². The van der Waals surface area contributed by atoms with Gasteiger partial charge in [0.25, 0.3) is 6.85 Å². The Morgan fingerprint density at radius 1 is 0.952 bits per heavy atom. The van der Waals surface area contributed by atoms with E-state index < -0.39 is 0 Å². The molecule has 1 aliphatic rings. The summed E-state index contributed by atoms with van der Waals surface area (Å²) in [7, 11) is 2.14. The Hall–Kier alpha value is -2.49. The van der Waals surface area contributed by atoms with Crippen LogP contribution in [0, 0.1) is 0 Å². The van der Waals surface area contributed by atoms with Crippen LogP contribution in [0.1, 0.15) is 0 Å². The smallest absolute Gasteiger partial charge is 0.288 e. The SMILES string of the molecule is CB1c2cccc3c4ccccc4c4ncc(n4c23)N1C. The molecular formula is C17H14BN3. The van der Waals surface area contributed by atoms with Gasteiger partial charge in [-0.25, -0.2) is 4.98 Å². The minimum Gasteiger partial charge on any atom is -0.398 e. The molecular weight excluding hydrogens is 257 g/mol. The predicted molar refractivity (Wildman–Crippen MR) is 89.9 cm³/mol. The monoisotopic (exact) mass is 271 g/mol. The molecule has 0 spiro atoms. The molecule has 0 fully saturated rings. The van der Waals surface area contributed by atoms with Gasteiger partial charge in [-0.15, -0.1) is 0 Å². The van der Waals surface area contributed by atoms with E-state index in [2.05, 4.69) is 65.5 Å². The number of para-hydroxylation sites is 1. The minimum atomic E-state index is 0.363. The summed E-state index contributed by atoms with van der Waals surface area (Å²) in [5.74, 6) is 1.17. The lowest BCUT2D eigenvalue weighted by atomic mass is 9.55. The Labute approximate surface area is 122 Å². The lowest BCUT2D eigenvalue weighted by molar-refractivity contribution is 1.15. The van der Waals surface area contributed by atoms with Gasteiger partial charge in [-0.1, -0.05) is 49.3 Å². The van der Waals surface area contributed by atoms with E-state index in [0.717, 1.165) is 5.65 Å². The normalized spacial score (nSPS) is 14.0. The summed E-state index contributed by atoms with van der Waals surface area (Å²) in [4.78, 5) is 7.01. The molecule has 3 nitrogen and oxygen atoms in total. The van der Waals surface area contributed by atoms with Gasteiger partial charge in [0.15, 0.2) is 0 Å². The predicted octanol–water partition coefficient (Wildman–Crippen LogP) is 2.92. The van der Waals surface area contributed by atoms with Gasteiger partial charge in [-0.05, 0) is 17.9 Å². The number of benzene rings is 2. The lowest BCUT2D eigenvalue weighted by Gasteiger charge is -2.30. The van der Waals surface area contributed by atoms with Crippen molar-refractivity contribution in [2.75, 3.05) is 11.9 Å². The summed E-state index contributed by atoms with van der Waals surface area (Å²) in [5, 5.41) is 3.82. The van der Waals surface area contributed by atoms with E-state index >= 15 is 0 Å². The third kappa shape index (κ3) is 1.19. The largest absolute Gasteiger partial charge is 0.398 e. The van der Waals surface area contributed by atoms with Crippen LogP contribution >= 0.6 is 0 Å². The van der Waals surface area contributed by atoms with E-state index in [1.54, 1.807) is 0 Å². The molecule has 0 radical (unpaired) electrons. The molecule has 3 heterocycles. The number of hydrogen-bond acceptors (Lipinski definition) is 2. The first-order valence-corrected chi connectivity index (χ1v) is 7.31. The molecule has 0 saturated heterocycles. The third-order valence-corrected chi connectivity index (χ3v) is 4.88. The molecule has 100 valence electrons. The number of pyridine rings is 1. The fourth-order valence-electron chi connectivity index (χ4n) is 3.69. The molecule has 0 aliphatic carbocycles. The van der Waals surface area contributed by atoms with Crippen LogP contribution in [0.3, 0.4) is 0 Å². The number of aromatic nitrogens is 2. The Bertz CT molecular complexity index is 1030. The highest BCUT2D eigenvalue weighted by Gasteiger charge is 2.29. The Balaban J connectivity index is 2.21. The molecule has 0 N–H and O–H groups in total. The number of anilines is 1. The van der Waals surface area contributed by atoms with Gasteiger partial charge in [0.2, 0.25) is 0 Å². The van der Waals surface area contributed by atoms with Gasteiger partial charge < -0.3 is 4.81 Å². The summed E-state index contributed by atoms with van der Waals surface area (Å²) in [6, 6.07) is 15.2. The molecule has 21 heavy (non-hydrogen) atoms. The van der Waals surface area contributed by atoms with Crippen molar-refractivity contribution in [3.63, 3.8) is 0 Å². The zero-order valence-electron chi connectivity index (χ0n) is 12.0.